The zero-order chi connectivity index (χ0) is 18.1. The van der Waals surface area contributed by atoms with Gasteiger partial charge in [-0.25, -0.2) is 9.97 Å². The number of fused-ring (bicyclic) bond motifs is 1. The monoisotopic (exact) mass is 358 g/mol. The van der Waals surface area contributed by atoms with Crippen molar-refractivity contribution < 1.29 is 14.4 Å². The Morgan fingerprint density at radius 1 is 1.32 bits per heavy atom. The number of nitrogens with zero attached hydrogens (tertiary/aromatic N) is 3. The number of ketones is 2. The van der Waals surface area contributed by atoms with Crippen molar-refractivity contribution in [1.82, 2.24) is 9.97 Å². The van der Waals surface area contributed by atoms with Gasteiger partial charge < -0.3 is 10.2 Å². The molecule has 1 N–H and O–H groups in total. The molecule has 25 heavy (non-hydrogen) atoms. The van der Waals surface area contributed by atoms with Gasteiger partial charge in [0.05, 0.1) is 16.5 Å². The fourth-order valence-corrected chi connectivity index (χ4v) is 3.79. The fraction of sp³-hybridized carbons (Fsp3) is 0.353. The van der Waals surface area contributed by atoms with Crippen LogP contribution in [0.15, 0.2) is 18.3 Å². The van der Waals surface area contributed by atoms with Crippen LogP contribution in [0.2, 0.25) is 0 Å². The first kappa shape index (κ1) is 17.2. The predicted molar refractivity (Wildman–Crippen MR) is 95.5 cm³/mol. The van der Waals surface area contributed by atoms with Crippen molar-refractivity contribution in [3.8, 4) is 0 Å². The molecular formula is C17H18N4O3S. The second-order valence-electron chi connectivity index (χ2n) is 6.10. The standard InChI is InChI=1S/C17H18N4O3S/c1-9(22)19-17-20-12-6-5-11(15(24)16(12)25-17)14(23)10-4-7-13(18-8-10)21(2)3/h4,7-8,11H,5-6H2,1-3H3,(H,19,20,22). The number of carbonyl (C=O) groups is 3. The molecule has 2 aromatic rings. The number of pyridine rings is 1. The van der Waals surface area contributed by atoms with E-state index < -0.39 is 5.92 Å². The average Bonchev–Trinajstić information content (AvgIpc) is 2.97. The van der Waals surface area contributed by atoms with Crippen LogP contribution >= 0.6 is 11.3 Å². The van der Waals surface area contributed by atoms with Gasteiger partial charge in [0, 0.05) is 32.8 Å². The van der Waals surface area contributed by atoms with Crippen molar-refractivity contribution >= 4 is 39.8 Å². The minimum absolute atomic E-state index is 0.220. The molecule has 0 aromatic carbocycles. The molecule has 8 heteroatoms. The predicted octanol–water partition coefficient (Wildman–Crippen LogP) is 2.19. The van der Waals surface area contributed by atoms with Crippen molar-refractivity contribution in [1.29, 1.82) is 0 Å². The number of hydrogen-bond donors (Lipinski definition) is 1. The number of amides is 1. The lowest BCUT2D eigenvalue weighted by molar-refractivity contribution is -0.114. The van der Waals surface area contributed by atoms with E-state index in [1.54, 1.807) is 12.1 Å². The van der Waals surface area contributed by atoms with Gasteiger partial charge in [-0.05, 0) is 25.0 Å². The molecule has 1 unspecified atom stereocenters. The summed E-state index contributed by atoms with van der Waals surface area (Å²) in [5, 5.41) is 2.99. The summed E-state index contributed by atoms with van der Waals surface area (Å²) < 4.78 is 0. The summed E-state index contributed by atoms with van der Waals surface area (Å²) in [6, 6.07) is 3.45. The Labute approximate surface area is 149 Å². The van der Waals surface area contributed by atoms with Crippen LogP contribution in [-0.2, 0) is 11.2 Å². The van der Waals surface area contributed by atoms with Crippen LogP contribution in [0.1, 0.15) is 39.1 Å². The largest absolute Gasteiger partial charge is 0.363 e. The van der Waals surface area contributed by atoms with Crippen molar-refractivity contribution in [2.24, 2.45) is 5.92 Å². The molecule has 0 saturated heterocycles. The molecule has 2 heterocycles. The molecule has 0 radical (unpaired) electrons. The lowest BCUT2D eigenvalue weighted by Gasteiger charge is -2.19. The van der Waals surface area contributed by atoms with Crippen molar-refractivity contribution in [3.63, 3.8) is 0 Å². The van der Waals surface area contributed by atoms with Crippen LogP contribution < -0.4 is 10.2 Å². The van der Waals surface area contributed by atoms with E-state index in [0.717, 1.165) is 17.2 Å². The number of carbonyl (C=O) groups excluding carboxylic acids is 3. The van der Waals surface area contributed by atoms with Gasteiger partial charge in [0.15, 0.2) is 16.7 Å². The molecule has 1 aliphatic rings. The molecule has 7 nitrogen and oxygen atoms in total. The minimum Gasteiger partial charge on any atom is -0.363 e. The highest BCUT2D eigenvalue weighted by atomic mass is 32.1. The Morgan fingerprint density at radius 3 is 2.68 bits per heavy atom. The Kier molecular flexibility index (Phi) is 4.63. The molecule has 0 saturated carbocycles. The summed E-state index contributed by atoms with van der Waals surface area (Å²) >= 11 is 1.13. The number of rotatable bonds is 4. The lowest BCUT2D eigenvalue weighted by Crippen LogP contribution is -2.29. The SMILES string of the molecule is CC(=O)Nc1nc2c(s1)C(=O)C(C(=O)c1ccc(N(C)C)nc1)CC2. The van der Waals surface area contributed by atoms with Crippen molar-refractivity contribution in [2.75, 3.05) is 24.3 Å². The minimum atomic E-state index is -0.717. The highest BCUT2D eigenvalue weighted by molar-refractivity contribution is 7.17. The Hall–Kier alpha value is -2.61. The molecule has 0 aliphatic heterocycles. The van der Waals surface area contributed by atoms with E-state index in [4.69, 9.17) is 0 Å². The number of thiazole rings is 1. The first-order chi connectivity index (χ1) is 11.9. The maximum atomic E-state index is 12.7. The molecule has 3 rings (SSSR count). The molecular weight excluding hydrogens is 340 g/mol. The van der Waals surface area contributed by atoms with Gasteiger partial charge in [-0.1, -0.05) is 11.3 Å². The second-order valence-corrected chi connectivity index (χ2v) is 7.09. The van der Waals surface area contributed by atoms with E-state index in [0.29, 0.717) is 34.1 Å². The maximum Gasteiger partial charge on any atom is 0.223 e. The third-order valence-electron chi connectivity index (χ3n) is 4.00. The summed E-state index contributed by atoms with van der Waals surface area (Å²) in [7, 11) is 3.74. The van der Waals surface area contributed by atoms with E-state index in [2.05, 4.69) is 15.3 Å². The summed E-state index contributed by atoms with van der Waals surface area (Å²) in [5.41, 5.74) is 1.09. The molecule has 0 spiro atoms. The number of anilines is 2. The molecule has 1 aliphatic carbocycles. The van der Waals surface area contributed by atoms with Gasteiger partial charge in [-0.3, -0.25) is 14.4 Å². The number of hydrogen-bond acceptors (Lipinski definition) is 7. The van der Waals surface area contributed by atoms with Crippen molar-refractivity contribution in [3.05, 3.63) is 34.5 Å². The third-order valence-corrected chi connectivity index (χ3v) is 5.03. The average molecular weight is 358 g/mol. The quantitative estimate of drug-likeness (QED) is 0.665. The van der Waals surface area contributed by atoms with Crippen LogP contribution in [0.4, 0.5) is 10.9 Å². The second kappa shape index (κ2) is 6.72. The van der Waals surface area contributed by atoms with Gasteiger partial charge in [0.25, 0.3) is 0 Å². The van der Waals surface area contributed by atoms with Crippen molar-refractivity contribution in [2.45, 2.75) is 19.8 Å². The smallest absolute Gasteiger partial charge is 0.223 e. The third kappa shape index (κ3) is 3.43. The van der Waals surface area contributed by atoms with Gasteiger partial charge in [0.1, 0.15) is 5.82 Å². The fourth-order valence-electron chi connectivity index (χ4n) is 2.74. The topological polar surface area (TPSA) is 92.3 Å². The molecule has 2 aromatic heterocycles. The number of nitrogens with one attached hydrogen (secondary N) is 1. The van der Waals surface area contributed by atoms with Gasteiger partial charge in [-0.15, -0.1) is 0 Å². The first-order valence-electron chi connectivity index (χ1n) is 7.86. The van der Waals surface area contributed by atoms with E-state index in [9.17, 15) is 14.4 Å². The van der Waals surface area contributed by atoms with Crippen LogP contribution in [0.25, 0.3) is 0 Å². The lowest BCUT2D eigenvalue weighted by atomic mass is 9.84. The number of Topliss-reactive ketones (excluding diaryl/α,β-unsaturated/α-hetero) is 2. The zero-order valence-corrected chi connectivity index (χ0v) is 15.0. The van der Waals surface area contributed by atoms with E-state index in [-0.39, 0.29) is 17.5 Å². The Bertz CT molecular complexity index is 842. The number of aromatic nitrogens is 2. The van der Waals surface area contributed by atoms with Gasteiger partial charge >= 0.3 is 0 Å². The highest BCUT2D eigenvalue weighted by Crippen LogP contribution is 2.33. The molecule has 130 valence electrons. The summed E-state index contributed by atoms with van der Waals surface area (Å²) in [5.74, 6) is -0.653. The molecule has 1 amide bonds. The Morgan fingerprint density at radius 2 is 2.08 bits per heavy atom. The summed E-state index contributed by atoms with van der Waals surface area (Å²) in [6.45, 7) is 1.39. The molecule has 0 fully saturated rings. The molecule has 1 atom stereocenters. The first-order valence-corrected chi connectivity index (χ1v) is 8.67. The summed E-state index contributed by atoms with van der Waals surface area (Å²) in [6.07, 6.45) is 2.47. The summed E-state index contributed by atoms with van der Waals surface area (Å²) in [4.78, 5) is 47.4. The van der Waals surface area contributed by atoms with Crippen LogP contribution in [0, 0.1) is 5.92 Å². The van der Waals surface area contributed by atoms with Crippen LogP contribution in [-0.4, -0.2) is 41.5 Å². The normalized spacial score (nSPS) is 16.3. The van der Waals surface area contributed by atoms with Gasteiger partial charge in [0.2, 0.25) is 5.91 Å². The highest BCUT2D eigenvalue weighted by Gasteiger charge is 2.36. The van der Waals surface area contributed by atoms with Crippen LogP contribution in [0.3, 0.4) is 0 Å². The van der Waals surface area contributed by atoms with Gasteiger partial charge in [-0.2, -0.15) is 0 Å². The van der Waals surface area contributed by atoms with E-state index in [1.807, 2.05) is 19.0 Å². The van der Waals surface area contributed by atoms with E-state index >= 15 is 0 Å². The number of aryl methyl sites for hydroxylation is 1. The van der Waals surface area contributed by atoms with E-state index in [1.165, 1.54) is 13.1 Å². The molecule has 0 bridgehead atoms. The zero-order valence-electron chi connectivity index (χ0n) is 14.2. The maximum absolute atomic E-state index is 12.7. The Balaban J connectivity index is 1.82. The van der Waals surface area contributed by atoms with Crippen LogP contribution in [0.5, 0.6) is 0 Å².